The van der Waals surface area contributed by atoms with Crippen molar-refractivity contribution in [3.63, 3.8) is 0 Å². The lowest BCUT2D eigenvalue weighted by Gasteiger charge is -2.14. The van der Waals surface area contributed by atoms with E-state index in [1.165, 1.54) is 4.57 Å². The lowest BCUT2D eigenvalue weighted by Crippen LogP contribution is -2.41. The molecule has 1 N–H and O–H groups in total. The molecule has 0 atom stereocenters. The summed E-state index contributed by atoms with van der Waals surface area (Å²) in [6, 6.07) is 16.3. The third kappa shape index (κ3) is 4.22. The number of para-hydroxylation sites is 1. The number of nitrogens with zero attached hydrogens (tertiary/aromatic N) is 4. The van der Waals surface area contributed by atoms with Gasteiger partial charge in [0.2, 0.25) is 5.91 Å². The maximum Gasteiger partial charge on any atom is 0.331 e. The standard InChI is InChI=1S/C22H20BrN5O3/c1-2-26-21(30)17-8-3-4-9-18(17)27(22(26)31)14-20(29)25-19-10-11-24-28(19)13-15-6-5-7-16(23)12-15/h3-12H,2,13-14H2,1H3,(H,25,29). The number of nitrogens with one attached hydrogen (secondary N) is 1. The first-order valence-corrected chi connectivity index (χ1v) is 10.6. The molecule has 8 nitrogen and oxygen atoms in total. The number of hydrogen-bond acceptors (Lipinski definition) is 4. The summed E-state index contributed by atoms with van der Waals surface area (Å²) in [7, 11) is 0. The van der Waals surface area contributed by atoms with Crippen LogP contribution in [0.5, 0.6) is 0 Å². The van der Waals surface area contributed by atoms with E-state index in [1.54, 1.807) is 48.1 Å². The molecule has 0 unspecified atom stereocenters. The van der Waals surface area contributed by atoms with Gasteiger partial charge in [-0.2, -0.15) is 5.10 Å². The lowest BCUT2D eigenvalue weighted by molar-refractivity contribution is -0.116. The smallest absolute Gasteiger partial charge is 0.309 e. The fourth-order valence-corrected chi connectivity index (χ4v) is 3.95. The number of benzene rings is 2. The zero-order valence-electron chi connectivity index (χ0n) is 16.8. The minimum atomic E-state index is -0.510. The van der Waals surface area contributed by atoms with Crippen molar-refractivity contribution in [1.29, 1.82) is 0 Å². The van der Waals surface area contributed by atoms with E-state index < -0.39 is 5.69 Å². The highest BCUT2D eigenvalue weighted by Gasteiger charge is 2.15. The number of carbonyl (C=O) groups is 1. The number of hydrogen-bond donors (Lipinski definition) is 1. The van der Waals surface area contributed by atoms with Crippen LogP contribution in [-0.4, -0.2) is 24.8 Å². The Morgan fingerprint density at radius 1 is 1.06 bits per heavy atom. The Morgan fingerprint density at radius 2 is 1.87 bits per heavy atom. The van der Waals surface area contributed by atoms with Gasteiger partial charge in [0, 0.05) is 17.1 Å². The van der Waals surface area contributed by atoms with Crippen molar-refractivity contribution in [2.24, 2.45) is 0 Å². The van der Waals surface area contributed by atoms with Gasteiger partial charge in [0.1, 0.15) is 12.4 Å². The van der Waals surface area contributed by atoms with Gasteiger partial charge in [0.05, 0.1) is 23.6 Å². The minimum Gasteiger partial charge on any atom is -0.309 e. The predicted molar refractivity (Wildman–Crippen MR) is 122 cm³/mol. The maximum atomic E-state index is 12.8. The van der Waals surface area contributed by atoms with Crippen molar-refractivity contribution in [1.82, 2.24) is 18.9 Å². The molecule has 0 aliphatic heterocycles. The highest BCUT2D eigenvalue weighted by molar-refractivity contribution is 9.10. The monoisotopic (exact) mass is 481 g/mol. The Kier molecular flexibility index (Phi) is 5.85. The summed E-state index contributed by atoms with van der Waals surface area (Å²) in [6.07, 6.45) is 1.60. The lowest BCUT2D eigenvalue weighted by atomic mass is 10.2. The van der Waals surface area contributed by atoms with Crippen LogP contribution in [0.25, 0.3) is 10.9 Å². The second-order valence-electron chi connectivity index (χ2n) is 6.99. The molecule has 0 fully saturated rings. The zero-order chi connectivity index (χ0) is 22.0. The Morgan fingerprint density at radius 3 is 2.65 bits per heavy atom. The molecule has 2 aromatic carbocycles. The Hall–Kier alpha value is -3.46. The molecular weight excluding hydrogens is 462 g/mol. The third-order valence-corrected chi connectivity index (χ3v) is 5.45. The highest BCUT2D eigenvalue weighted by atomic mass is 79.9. The summed E-state index contributed by atoms with van der Waals surface area (Å²) in [5.41, 5.74) is 0.585. The maximum absolute atomic E-state index is 12.8. The van der Waals surface area contributed by atoms with Crippen molar-refractivity contribution >= 4 is 38.6 Å². The van der Waals surface area contributed by atoms with Gasteiger partial charge in [-0.25, -0.2) is 9.48 Å². The summed E-state index contributed by atoms with van der Waals surface area (Å²) in [5, 5.41) is 7.50. The van der Waals surface area contributed by atoms with E-state index in [4.69, 9.17) is 0 Å². The summed E-state index contributed by atoms with van der Waals surface area (Å²) >= 11 is 3.45. The molecule has 4 rings (SSSR count). The molecule has 0 radical (unpaired) electrons. The third-order valence-electron chi connectivity index (χ3n) is 4.96. The van der Waals surface area contributed by atoms with Crippen LogP contribution in [-0.2, 0) is 24.4 Å². The molecule has 2 heterocycles. The molecule has 4 aromatic rings. The summed E-state index contributed by atoms with van der Waals surface area (Å²) in [5.74, 6) is 0.135. The van der Waals surface area contributed by atoms with Crippen LogP contribution in [0.1, 0.15) is 12.5 Å². The van der Waals surface area contributed by atoms with Crippen LogP contribution in [0.15, 0.2) is 74.9 Å². The number of halogens is 1. The van der Waals surface area contributed by atoms with Crippen LogP contribution >= 0.6 is 15.9 Å². The normalized spacial score (nSPS) is 11.0. The van der Waals surface area contributed by atoms with Crippen LogP contribution in [0, 0.1) is 0 Å². The van der Waals surface area contributed by atoms with Gasteiger partial charge in [-0.1, -0.05) is 40.2 Å². The molecule has 2 aromatic heterocycles. The predicted octanol–water partition coefficient (Wildman–Crippen LogP) is 2.83. The number of anilines is 1. The van der Waals surface area contributed by atoms with E-state index in [0.717, 1.165) is 14.6 Å². The Labute approximate surface area is 185 Å². The molecular formula is C22H20BrN5O3. The van der Waals surface area contributed by atoms with Crippen LogP contribution in [0.2, 0.25) is 0 Å². The molecule has 1 amide bonds. The molecule has 0 spiro atoms. The molecule has 0 saturated heterocycles. The SMILES string of the molecule is CCn1c(=O)c2ccccc2n(CC(=O)Nc2ccnn2Cc2cccc(Br)c2)c1=O. The Bertz CT molecular complexity index is 1390. The number of aromatic nitrogens is 4. The van der Waals surface area contributed by atoms with Crippen LogP contribution in [0.4, 0.5) is 5.82 Å². The quantitative estimate of drug-likeness (QED) is 0.458. The van der Waals surface area contributed by atoms with E-state index in [0.29, 0.717) is 23.3 Å². The van der Waals surface area contributed by atoms with E-state index in [9.17, 15) is 14.4 Å². The van der Waals surface area contributed by atoms with Crippen molar-refractivity contribution in [2.45, 2.75) is 26.6 Å². The van der Waals surface area contributed by atoms with Crippen LogP contribution < -0.4 is 16.6 Å². The summed E-state index contributed by atoms with van der Waals surface area (Å²) in [4.78, 5) is 38.2. The number of amides is 1. The minimum absolute atomic E-state index is 0.221. The average Bonchev–Trinajstić information content (AvgIpc) is 3.18. The number of rotatable bonds is 6. The number of carbonyl (C=O) groups excluding carboxylic acids is 1. The molecule has 0 aliphatic rings. The van der Waals surface area contributed by atoms with Gasteiger partial charge in [-0.3, -0.25) is 18.7 Å². The molecule has 158 valence electrons. The first kappa shape index (κ1) is 20.8. The van der Waals surface area contributed by atoms with E-state index in [-0.39, 0.29) is 24.6 Å². The van der Waals surface area contributed by atoms with Gasteiger partial charge >= 0.3 is 5.69 Å². The number of fused-ring (bicyclic) bond motifs is 1. The van der Waals surface area contributed by atoms with Gasteiger partial charge in [0.15, 0.2) is 0 Å². The topological polar surface area (TPSA) is 90.9 Å². The Balaban J connectivity index is 1.61. The van der Waals surface area contributed by atoms with Crippen molar-refractivity contribution in [3.05, 3.63) is 91.7 Å². The van der Waals surface area contributed by atoms with Gasteiger partial charge in [0.25, 0.3) is 5.56 Å². The molecule has 0 bridgehead atoms. The first-order valence-electron chi connectivity index (χ1n) is 9.76. The van der Waals surface area contributed by atoms with Crippen molar-refractivity contribution in [2.75, 3.05) is 5.32 Å². The van der Waals surface area contributed by atoms with Crippen molar-refractivity contribution < 1.29 is 4.79 Å². The second kappa shape index (κ2) is 8.73. The van der Waals surface area contributed by atoms with Gasteiger partial charge in [-0.15, -0.1) is 0 Å². The van der Waals surface area contributed by atoms with E-state index in [2.05, 4.69) is 26.3 Å². The van der Waals surface area contributed by atoms with Crippen molar-refractivity contribution in [3.8, 4) is 0 Å². The zero-order valence-corrected chi connectivity index (χ0v) is 18.4. The van der Waals surface area contributed by atoms with Gasteiger partial charge < -0.3 is 5.32 Å². The van der Waals surface area contributed by atoms with Crippen LogP contribution in [0.3, 0.4) is 0 Å². The summed E-state index contributed by atoms with van der Waals surface area (Å²) in [6.45, 7) is 2.21. The first-order chi connectivity index (χ1) is 15.0. The largest absolute Gasteiger partial charge is 0.331 e. The van der Waals surface area contributed by atoms with E-state index >= 15 is 0 Å². The molecule has 31 heavy (non-hydrogen) atoms. The van der Waals surface area contributed by atoms with Gasteiger partial charge in [-0.05, 0) is 36.8 Å². The van der Waals surface area contributed by atoms with E-state index in [1.807, 2.05) is 24.3 Å². The average molecular weight is 482 g/mol. The summed E-state index contributed by atoms with van der Waals surface area (Å²) < 4.78 is 5.09. The fraction of sp³-hybridized carbons (Fsp3) is 0.182. The fourth-order valence-electron chi connectivity index (χ4n) is 3.50. The molecule has 9 heteroatoms. The molecule has 0 aliphatic carbocycles. The molecule has 0 saturated carbocycles. The second-order valence-corrected chi connectivity index (χ2v) is 7.90. The highest BCUT2D eigenvalue weighted by Crippen LogP contribution is 2.15.